The van der Waals surface area contributed by atoms with E-state index in [1.807, 2.05) is 30.3 Å². The Morgan fingerprint density at radius 3 is 2.08 bits per heavy atom. The maximum absolute atomic E-state index is 12.4. The van der Waals surface area contributed by atoms with Crippen LogP contribution in [0.15, 0.2) is 54.7 Å². The van der Waals surface area contributed by atoms with Crippen LogP contribution >= 0.6 is 0 Å². The van der Waals surface area contributed by atoms with Crippen molar-refractivity contribution in [3.05, 3.63) is 65.9 Å². The van der Waals surface area contributed by atoms with Crippen LogP contribution in [0, 0.1) is 0 Å². The largest absolute Gasteiger partial charge is 0.493 e. The Morgan fingerprint density at radius 1 is 0.960 bits per heavy atom. The van der Waals surface area contributed by atoms with Crippen molar-refractivity contribution in [3.63, 3.8) is 0 Å². The summed E-state index contributed by atoms with van der Waals surface area (Å²) in [5, 5.41) is 0. The minimum absolute atomic E-state index is 0.339. The van der Waals surface area contributed by atoms with Gasteiger partial charge < -0.3 is 19.6 Å². The maximum atomic E-state index is 12.4. The van der Waals surface area contributed by atoms with E-state index in [1.165, 1.54) is 21.3 Å². The summed E-state index contributed by atoms with van der Waals surface area (Å²) in [6, 6.07) is 13.0. The molecule has 0 bridgehead atoms. The van der Waals surface area contributed by atoms with Crippen LogP contribution < -0.4 is 25.1 Å². The first kappa shape index (κ1) is 18.2. The topological polar surface area (TPSA) is 68.8 Å². The lowest BCUT2D eigenvalue weighted by Gasteiger charge is -2.15. The van der Waals surface area contributed by atoms with Gasteiger partial charge in [0.1, 0.15) is 0 Å². The van der Waals surface area contributed by atoms with Gasteiger partial charge in [-0.25, -0.2) is 0 Å². The molecule has 2 aromatic carbocycles. The average Bonchev–Trinajstić information content (AvgIpc) is 2.65. The second-order valence-electron chi connectivity index (χ2n) is 5.26. The smallest absolute Gasteiger partial charge is 0.269 e. The second-order valence-corrected chi connectivity index (χ2v) is 5.26. The standard InChI is InChI=1S/C19H22N2O4/c1-13(10-14-8-6-5-7-9-14)20-21-19(22)15-11-16(23-2)18(25-4)17(12-15)24-3/h5-9,11-12,20H,1,10H2,2-4H3,(H,21,22). The summed E-state index contributed by atoms with van der Waals surface area (Å²) in [4.78, 5) is 12.4. The number of ether oxygens (including phenoxy) is 3. The zero-order valence-electron chi connectivity index (χ0n) is 14.6. The fraction of sp³-hybridized carbons (Fsp3) is 0.211. The Morgan fingerprint density at radius 2 is 1.56 bits per heavy atom. The van der Waals surface area contributed by atoms with Gasteiger partial charge in [0.25, 0.3) is 5.91 Å². The summed E-state index contributed by atoms with van der Waals surface area (Å²) in [6.07, 6.45) is 0.608. The molecule has 0 aliphatic rings. The Hall–Kier alpha value is -3.15. The Bertz CT molecular complexity index is 719. The molecule has 0 unspecified atom stereocenters. The highest BCUT2D eigenvalue weighted by atomic mass is 16.5. The molecule has 2 rings (SSSR count). The van der Waals surface area contributed by atoms with E-state index < -0.39 is 0 Å². The molecular formula is C19H22N2O4. The third-order valence-electron chi connectivity index (χ3n) is 3.54. The van der Waals surface area contributed by atoms with E-state index in [1.54, 1.807) is 12.1 Å². The van der Waals surface area contributed by atoms with Gasteiger partial charge in [-0.05, 0) is 17.7 Å². The molecule has 0 radical (unpaired) electrons. The Labute approximate surface area is 147 Å². The summed E-state index contributed by atoms with van der Waals surface area (Å²) in [6.45, 7) is 3.92. The van der Waals surface area contributed by atoms with Crippen LogP contribution in [0.3, 0.4) is 0 Å². The monoisotopic (exact) mass is 342 g/mol. The van der Waals surface area contributed by atoms with Gasteiger partial charge in [0, 0.05) is 17.7 Å². The third kappa shape index (κ3) is 4.67. The molecule has 0 heterocycles. The van der Waals surface area contributed by atoms with Crippen molar-refractivity contribution in [1.29, 1.82) is 0 Å². The zero-order chi connectivity index (χ0) is 18.2. The van der Waals surface area contributed by atoms with E-state index in [-0.39, 0.29) is 5.91 Å². The summed E-state index contributed by atoms with van der Waals surface area (Å²) in [5.74, 6) is 0.918. The minimum atomic E-state index is -0.339. The first-order chi connectivity index (χ1) is 12.1. The quantitative estimate of drug-likeness (QED) is 0.722. The van der Waals surface area contributed by atoms with Gasteiger partial charge in [-0.2, -0.15) is 0 Å². The highest BCUT2D eigenvalue weighted by molar-refractivity contribution is 5.95. The van der Waals surface area contributed by atoms with E-state index in [2.05, 4.69) is 17.4 Å². The fourth-order valence-electron chi connectivity index (χ4n) is 2.32. The molecule has 0 fully saturated rings. The van der Waals surface area contributed by atoms with Crippen molar-refractivity contribution >= 4 is 5.91 Å². The van der Waals surface area contributed by atoms with Gasteiger partial charge in [-0.3, -0.25) is 10.2 Å². The molecule has 0 atom stereocenters. The summed E-state index contributed by atoms with van der Waals surface area (Å²) >= 11 is 0. The minimum Gasteiger partial charge on any atom is -0.493 e. The number of amides is 1. The third-order valence-corrected chi connectivity index (χ3v) is 3.54. The van der Waals surface area contributed by atoms with Crippen molar-refractivity contribution in [1.82, 2.24) is 10.9 Å². The van der Waals surface area contributed by atoms with Crippen molar-refractivity contribution in [2.24, 2.45) is 0 Å². The van der Waals surface area contributed by atoms with E-state index in [9.17, 15) is 4.79 Å². The van der Waals surface area contributed by atoms with Gasteiger partial charge in [0.2, 0.25) is 5.75 Å². The number of allylic oxidation sites excluding steroid dienone is 1. The Balaban J connectivity index is 2.04. The number of hydrogen-bond acceptors (Lipinski definition) is 5. The molecule has 2 aromatic rings. The number of benzene rings is 2. The lowest BCUT2D eigenvalue weighted by molar-refractivity contribution is 0.0937. The molecule has 0 saturated carbocycles. The summed E-state index contributed by atoms with van der Waals surface area (Å²) in [5.41, 5.74) is 7.59. The summed E-state index contributed by atoms with van der Waals surface area (Å²) < 4.78 is 15.7. The molecule has 132 valence electrons. The molecule has 2 N–H and O–H groups in total. The lowest BCUT2D eigenvalue weighted by Crippen LogP contribution is -2.37. The average molecular weight is 342 g/mol. The van der Waals surface area contributed by atoms with Gasteiger partial charge in [0.05, 0.1) is 21.3 Å². The van der Waals surface area contributed by atoms with Crippen LogP contribution in [0.2, 0.25) is 0 Å². The first-order valence-corrected chi connectivity index (χ1v) is 7.67. The van der Waals surface area contributed by atoms with E-state index in [4.69, 9.17) is 14.2 Å². The number of hydrazine groups is 1. The van der Waals surface area contributed by atoms with Crippen molar-refractivity contribution in [2.75, 3.05) is 21.3 Å². The maximum Gasteiger partial charge on any atom is 0.269 e. The van der Waals surface area contributed by atoms with Crippen LogP contribution in [0.1, 0.15) is 15.9 Å². The molecule has 0 aliphatic heterocycles. The van der Waals surface area contributed by atoms with Gasteiger partial charge in [-0.1, -0.05) is 36.9 Å². The lowest BCUT2D eigenvalue weighted by atomic mass is 10.1. The highest BCUT2D eigenvalue weighted by Gasteiger charge is 2.16. The molecule has 0 aliphatic carbocycles. The molecule has 6 heteroatoms. The van der Waals surface area contributed by atoms with Gasteiger partial charge in [0.15, 0.2) is 11.5 Å². The predicted octanol–water partition coefficient (Wildman–Crippen LogP) is 2.70. The molecule has 25 heavy (non-hydrogen) atoms. The van der Waals surface area contributed by atoms with Crippen LogP contribution in [0.4, 0.5) is 0 Å². The van der Waals surface area contributed by atoms with Crippen molar-refractivity contribution < 1.29 is 19.0 Å². The number of carbonyl (C=O) groups excluding carboxylic acids is 1. The van der Waals surface area contributed by atoms with E-state index in [0.29, 0.717) is 34.9 Å². The van der Waals surface area contributed by atoms with Crippen LogP contribution in [-0.2, 0) is 6.42 Å². The summed E-state index contributed by atoms with van der Waals surface area (Å²) in [7, 11) is 4.51. The number of rotatable bonds is 8. The van der Waals surface area contributed by atoms with Gasteiger partial charge >= 0.3 is 0 Å². The normalized spacial score (nSPS) is 9.88. The Kier molecular flexibility index (Phi) is 6.28. The van der Waals surface area contributed by atoms with Crippen LogP contribution in [0.5, 0.6) is 17.2 Å². The molecule has 0 aromatic heterocycles. The second kappa shape index (κ2) is 8.63. The molecule has 0 saturated heterocycles. The number of methoxy groups -OCH3 is 3. The highest BCUT2D eigenvalue weighted by Crippen LogP contribution is 2.38. The fourth-order valence-corrected chi connectivity index (χ4v) is 2.32. The predicted molar refractivity (Wildman–Crippen MR) is 96.0 cm³/mol. The zero-order valence-corrected chi connectivity index (χ0v) is 14.6. The van der Waals surface area contributed by atoms with Crippen molar-refractivity contribution in [2.45, 2.75) is 6.42 Å². The molecule has 0 spiro atoms. The molecule has 6 nitrogen and oxygen atoms in total. The number of carbonyl (C=O) groups is 1. The van der Waals surface area contributed by atoms with E-state index in [0.717, 1.165) is 5.56 Å². The van der Waals surface area contributed by atoms with Crippen LogP contribution in [-0.4, -0.2) is 27.2 Å². The SMILES string of the molecule is C=C(Cc1ccccc1)NNC(=O)c1cc(OC)c(OC)c(OC)c1. The number of hydrogen-bond donors (Lipinski definition) is 2. The molecule has 1 amide bonds. The van der Waals surface area contributed by atoms with Crippen LogP contribution in [0.25, 0.3) is 0 Å². The van der Waals surface area contributed by atoms with Crippen molar-refractivity contribution in [3.8, 4) is 17.2 Å². The molecular weight excluding hydrogens is 320 g/mol. The van der Waals surface area contributed by atoms with Gasteiger partial charge in [-0.15, -0.1) is 0 Å². The first-order valence-electron chi connectivity index (χ1n) is 7.67. The van der Waals surface area contributed by atoms with E-state index >= 15 is 0 Å². The number of nitrogens with one attached hydrogen (secondary N) is 2.